The normalized spacial score (nSPS) is 10.8. The molecule has 1 aromatic carbocycles. The van der Waals surface area contributed by atoms with Gasteiger partial charge >= 0.3 is 0 Å². The molecule has 0 unspecified atom stereocenters. The molecule has 0 bridgehead atoms. The number of carbonyl (C=O) groups excluding carboxylic acids is 1. The molecule has 0 saturated carbocycles. The molecule has 2 aromatic heterocycles. The molecule has 0 aliphatic rings. The molecular formula is C21H25N5O3. The summed E-state index contributed by atoms with van der Waals surface area (Å²) in [4.78, 5) is 31.3. The second-order valence-corrected chi connectivity index (χ2v) is 6.75. The first-order chi connectivity index (χ1) is 13.9. The van der Waals surface area contributed by atoms with Gasteiger partial charge in [0.1, 0.15) is 5.75 Å². The highest BCUT2D eigenvalue weighted by atomic mass is 16.5. The van der Waals surface area contributed by atoms with Gasteiger partial charge in [-0.1, -0.05) is 12.1 Å². The lowest BCUT2D eigenvalue weighted by Gasteiger charge is -2.11. The topological polar surface area (TPSA) is 102 Å². The molecule has 29 heavy (non-hydrogen) atoms. The molecule has 1 amide bonds. The van der Waals surface area contributed by atoms with Gasteiger partial charge in [-0.15, -0.1) is 0 Å². The van der Waals surface area contributed by atoms with Crippen LogP contribution in [0.3, 0.4) is 0 Å². The van der Waals surface area contributed by atoms with Gasteiger partial charge in [0.15, 0.2) is 0 Å². The molecule has 0 aliphatic carbocycles. The van der Waals surface area contributed by atoms with Gasteiger partial charge in [0.25, 0.3) is 5.56 Å². The Kier molecular flexibility index (Phi) is 6.11. The largest absolute Gasteiger partial charge is 0.492 e. The van der Waals surface area contributed by atoms with Crippen molar-refractivity contribution in [2.75, 3.05) is 11.9 Å². The van der Waals surface area contributed by atoms with E-state index < -0.39 is 0 Å². The van der Waals surface area contributed by atoms with Crippen LogP contribution < -0.4 is 15.6 Å². The number of hydrogen-bond donors (Lipinski definition) is 2. The minimum atomic E-state index is -0.228. The Hall–Kier alpha value is -3.42. The molecule has 0 spiro atoms. The highest BCUT2D eigenvalue weighted by Gasteiger charge is 2.16. The average molecular weight is 395 g/mol. The molecule has 2 heterocycles. The van der Waals surface area contributed by atoms with Crippen molar-refractivity contribution < 1.29 is 9.53 Å². The van der Waals surface area contributed by atoms with Crippen LogP contribution in [0.4, 0.5) is 5.69 Å². The number of aromatic amines is 1. The maximum absolute atomic E-state index is 12.5. The number of nitrogens with one attached hydrogen (secondary N) is 2. The number of amides is 1. The Morgan fingerprint density at radius 2 is 2.00 bits per heavy atom. The molecule has 0 aliphatic heterocycles. The van der Waals surface area contributed by atoms with Gasteiger partial charge in [0.2, 0.25) is 11.9 Å². The number of aryl methyl sites for hydroxylation is 2. The quantitative estimate of drug-likeness (QED) is 0.640. The molecule has 3 rings (SSSR count). The molecule has 0 fully saturated rings. The SMILES string of the molecule is CCOc1ccccc1NC(=O)CCc1c(C)nn(-c2nc(C)cc(=O)[nH]2)c1C. The zero-order valence-electron chi connectivity index (χ0n) is 17.1. The van der Waals surface area contributed by atoms with Crippen LogP contribution in [0.25, 0.3) is 5.95 Å². The van der Waals surface area contributed by atoms with Crippen LogP contribution in [0.2, 0.25) is 0 Å². The van der Waals surface area contributed by atoms with Crippen molar-refractivity contribution in [2.24, 2.45) is 0 Å². The fourth-order valence-corrected chi connectivity index (χ4v) is 3.21. The van der Waals surface area contributed by atoms with Gasteiger partial charge in [0.05, 0.1) is 18.0 Å². The first-order valence-corrected chi connectivity index (χ1v) is 9.54. The van der Waals surface area contributed by atoms with E-state index in [-0.39, 0.29) is 11.5 Å². The summed E-state index contributed by atoms with van der Waals surface area (Å²) in [5.41, 5.74) is 3.65. The van der Waals surface area contributed by atoms with Gasteiger partial charge < -0.3 is 10.1 Å². The summed E-state index contributed by atoms with van der Waals surface area (Å²) in [7, 11) is 0. The zero-order chi connectivity index (χ0) is 21.0. The van der Waals surface area contributed by atoms with Gasteiger partial charge in [-0.3, -0.25) is 14.6 Å². The van der Waals surface area contributed by atoms with E-state index in [9.17, 15) is 9.59 Å². The van der Waals surface area contributed by atoms with E-state index in [1.807, 2.05) is 45.0 Å². The molecular weight excluding hydrogens is 370 g/mol. The van der Waals surface area contributed by atoms with Crippen molar-refractivity contribution in [2.45, 2.75) is 40.5 Å². The van der Waals surface area contributed by atoms with Crippen LogP contribution in [-0.4, -0.2) is 32.3 Å². The van der Waals surface area contributed by atoms with E-state index in [4.69, 9.17) is 4.74 Å². The number of anilines is 1. The fraction of sp³-hybridized carbons (Fsp3) is 0.333. The summed E-state index contributed by atoms with van der Waals surface area (Å²) < 4.78 is 7.16. The zero-order valence-corrected chi connectivity index (χ0v) is 17.1. The second kappa shape index (κ2) is 8.72. The summed E-state index contributed by atoms with van der Waals surface area (Å²) in [5, 5.41) is 7.40. The van der Waals surface area contributed by atoms with Crippen LogP contribution in [0.1, 0.15) is 36.0 Å². The van der Waals surface area contributed by atoms with Crippen LogP contribution in [-0.2, 0) is 11.2 Å². The molecule has 0 atom stereocenters. The molecule has 0 saturated heterocycles. The average Bonchev–Trinajstić information content (AvgIpc) is 2.95. The number of H-pyrrole nitrogens is 1. The van der Waals surface area contributed by atoms with Crippen molar-refractivity contribution in [3.63, 3.8) is 0 Å². The number of nitrogens with zero attached hydrogens (tertiary/aromatic N) is 3. The Bertz CT molecular complexity index is 1080. The summed E-state index contributed by atoms with van der Waals surface area (Å²) in [5.74, 6) is 0.917. The molecule has 8 nitrogen and oxygen atoms in total. The Labute approximate surface area is 168 Å². The van der Waals surface area contributed by atoms with Gasteiger partial charge in [-0.05, 0) is 51.8 Å². The van der Waals surface area contributed by atoms with Crippen LogP contribution in [0, 0.1) is 20.8 Å². The minimum absolute atomic E-state index is 0.106. The summed E-state index contributed by atoms with van der Waals surface area (Å²) in [6.45, 7) is 7.97. The van der Waals surface area contributed by atoms with Crippen molar-refractivity contribution in [1.29, 1.82) is 0 Å². The lowest BCUT2D eigenvalue weighted by molar-refractivity contribution is -0.116. The summed E-state index contributed by atoms with van der Waals surface area (Å²) in [6.07, 6.45) is 0.821. The van der Waals surface area contributed by atoms with Crippen LogP contribution >= 0.6 is 0 Å². The molecule has 0 radical (unpaired) electrons. The predicted molar refractivity (Wildman–Crippen MR) is 111 cm³/mol. The van der Waals surface area contributed by atoms with E-state index in [0.29, 0.717) is 42.5 Å². The first kappa shape index (κ1) is 20.3. The smallest absolute Gasteiger partial charge is 0.252 e. The maximum Gasteiger partial charge on any atom is 0.252 e. The van der Waals surface area contributed by atoms with E-state index >= 15 is 0 Å². The monoisotopic (exact) mass is 395 g/mol. The summed E-state index contributed by atoms with van der Waals surface area (Å²) >= 11 is 0. The highest BCUT2D eigenvalue weighted by Crippen LogP contribution is 2.24. The first-order valence-electron chi connectivity index (χ1n) is 9.54. The lowest BCUT2D eigenvalue weighted by atomic mass is 10.1. The number of benzene rings is 1. The van der Waals surface area contributed by atoms with Crippen molar-refractivity contribution in [1.82, 2.24) is 19.7 Å². The maximum atomic E-state index is 12.5. The Morgan fingerprint density at radius 1 is 1.24 bits per heavy atom. The Balaban J connectivity index is 1.74. The number of hydrogen-bond acceptors (Lipinski definition) is 5. The lowest BCUT2D eigenvalue weighted by Crippen LogP contribution is -2.15. The van der Waals surface area contributed by atoms with E-state index in [1.54, 1.807) is 11.6 Å². The van der Waals surface area contributed by atoms with Gasteiger partial charge in [-0.25, -0.2) is 9.67 Å². The third-order valence-electron chi connectivity index (χ3n) is 4.56. The van der Waals surface area contributed by atoms with E-state index in [1.165, 1.54) is 6.07 Å². The number of rotatable bonds is 7. The second-order valence-electron chi connectivity index (χ2n) is 6.75. The van der Waals surface area contributed by atoms with Crippen molar-refractivity contribution in [3.8, 4) is 11.7 Å². The van der Waals surface area contributed by atoms with Gasteiger partial charge in [-0.2, -0.15) is 5.10 Å². The van der Waals surface area contributed by atoms with Gasteiger partial charge in [0, 0.05) is 23.9 Å². The molecule has 152 valence electrons. The third kappa shape index (κ3) is 4.71. The number of aromatic nitrogens is 4. The Morgan fingerprint density at radius 3 is 2.72 bits per heavy atom. The minimum Gasteiger partial charge on any atom is -0.492 e. The van der Waals surface area contributed by atoms with E-state index in [2.05, 4.69) is 20.4 Å². The molecule has 3 aromatic rings. The number of carbonyl (C=O) groups is 1. The standard InChI is InChI=1S/C21H25N5O3/c1-5-29-18-9-7-6-8-17(18)23-19(27)11-10-16-14(3)25-26(15(16)4)21-22-13(2)12-20(28)24-21/h6-9,12H,5,10-11H2,1-4H3,(H,23,27)(H,22,24,28). The van der Waals surface area contributed by atoms with Crippen molar-refractivity contribution >= 4 is 11.6 Å². The number of para-hydroxylation sites is 2. The third-order valence-corrected chi connectivity index (χ3v) is 4.56. The van der Waals surface area contributed by atoms with Crippen molar-refractivity contribution in [3.05, 3.63) is 63.3 Å². The predicted octanol–water partition coefficient (Wildman–Crippen LogP) is 2.85. The molecule has 8 heteroatoms. The highest BCUT2D eigenvalue weighted by molar-refractivity contribution is 5.92. The molecule has 2 N–H and O–H groups in total. The fourth-order valence-electron chi connectivity index (χ4n) is 3.21. The van der Waals surface area contributed by atoms with E-state index in [0.717, 1.165) is 17.0 Å². The summed E-state index contributed by atoms with van der Waals surface area (Å²) in [6, 6.07) is 8.79. The van der Waals surface area contributed by atoms with Crippen LogP contribution in [0.5, 0.6) is 5.75 Å². The van der Waals surface area contributed by atoms with Crippen LogP contribution in [0.15, 0.2) is 35.1 Å². The number of ether oxygens (including phenoxy) is 1.